The van der Waals surface area contributed by atoms with Gasteiger partial charge in [0.25, 0.3) is 11.6 Å². The van der Waals surface area contributed by atoms with Gasteiger partial charge in [-0.1, -0.05) is 12.2 Å². The van der Waals surface area contributed by atoms with Crippen molar-refractivity contribution in [1.29, 1.82) is 0 Å². The number of nitrogens with zero attached hydrogens (tertiary/aromatic N) is 1. The zero-order chi connectivity index (χ0) is 14.1. The van der Waals surface area contributed by atoms with E-state index in [2.05, 4.69) is 17.5 Å². The summed E-state index contributed by atoms with van der Waals surface area (Å²) in [5.74, 6) is 1.68. The number of nitro benzene ring substituents is 1. The summed E-state index contributed by atoms with van der Waals surface area (Å²) < 4.78 is 0. The molecule has 1 saturated carbocycles. The quantitative estimate of drug-likeness (QED) is 0.520. The Kier molecular flexibility index (Phi) is 3.26. The van der Waals surface area contributed by atoms with Crippen molar-refractivity contribution in [2.75, 3.05) is 6.54 Å². The van der Waals surface area contributed by atoms with Gasteiger partial charge in [-0.15, -0.1) is 0 Å². The summed E-state index contributed by atoms with van der Waals surface area (Å²) in [6.45, 7) is 0.682. The summed E-state index contributed by atoms with van der Waals surface area (Å²) in [4.78, 5) is 22.1. The zero-order valence-corrected chi connectivity index (χ0v) is 11.0. The van der Waals surface area contributed by atoms with Gasteiger partial charge in [0.15, 0.2) is 0 Å². The normalized spacial score (nSPS) is 26.7. The number of benzene rings is 1. The highest BCUT2D eigenvalue weighted by Gasteiger charge is 2.35. The number of rotatable bonds is 4. The molecule has 3 atom stereocenters. The molecule has 3 rings (SSSR count). The Morgan fingerprint density at radius 3 is 2.55 bits per heavy atom. The van der Waals surface area contributed by atoms with Gasteiger partial charge in [-0.05, 0) is 42.7 Å². The molecule has 0 aromatic heterocycles. The van der Waals surface area contributed by atoms with Gasteiger partial charge in [0, 0.05) is 24.2 Å². The maximum absolute atomic E-state index is 12.0. The molecule has 1 fully saturated rings. The van der Waals surface area contributed by atoms with Crippen molar-refractivity contribution in [2.45, 2.75) is 12.8 Å². The first-order valence-corrected chi connectivity index (χ1v) is 6.84. The summed E-state index contributed by atoms with van der Waals surface area (Å²) in [6.07, 6.45) is 6.91. The van der Waals surface area contributed by atoms with Crippen LogP contribution in [-0.2, 0) is 0 Å². The topological polar surface area (TPSA) is 72.2 Å². The number of non-ortho nitro benzene ring substituents is 1. The fraction of sp³-hybridized carbons (Fsp3) is 0.400. The molecule has 5 heteroatoms. The van der Waals surface area contributed by atoms with E-state index in [1.165, 1.54) is 30.7 Å². The van der Waals surface area contributed by atoms with Crippen LogP contribution in [0.2, 0.25) is 0 Å². The molecule has 0 aliphatic heterocycles. The molecular weight excluding hydrogens is 256 g/mol. The summed E-state index contributed by atoms with van der Waals surface area (Å²) >= 11 is 0. The fourth-order valence-corrected chi connectivity index (χ4v) is 3.19. The molecule has 5 nitrogen and oxygen atoms in total. The standard InChI is InChI=1S/C15H16N2O3/c18-15(11-3-5-14(6-4-11)17(19)20)16-9-13-8-10-1-2-12(13)7-10/h1-6,10,12-13H,7-9H2,(H,16,18)/t10-,12-,13+/m0/s1. The van der Waals surface area contributed by atoms with Crippen molar-refractivity contribution in [3.63, 3.8) is 0 Å². The molecule has 0 radical (unpaired) electrons. The van der Waals surface area contributed by atoms with Crippen LogP contribution in [0.1, 0.15) is 23.2 Å². The van der Waals surface area contributed by atoms with Crippen LogP contribution in [0.4, 0.5) is 5.69 Å². The van der Waals surface area contributed by atoms with Gasteiger partial charge in [-0.3, -0.25) is 14.9 Å². The Morgan fingerprint density at radius 2 is 2.00 bits per heavy atom. The lowest BCUT2D eigenvalue weighted by Crippen LogP contribution is -2.30. The lowest BCUT2D eigenvalue weighted by Gasteiger charge is -2.18. The second-order valence-corrected chi connectivity index (χ2v) is 5.55. The van der Waals surface area contributed by atoms with Gasteiger partial charge in [0.1, 0.15) is 0 Å². The number of carbonyl (C=O) groups is 1. The number of fused-ring (bicyclic) bond motifs is 2. The predicted octanol–water partition coefficient (Wildman–Crippen LogP) is 2.54. The molecule has 0 heterocycles. The van der Waals surface area contributed by atoms with E-state index in [1.54, 1.807) is 0 Å². The van der Waals surface area contributed by atoms with Gasteiger partial charge >= 0.3 is 0 Å². The van der Waals surface area contributed by atoms with Crippen LogP contribution in [0.5, 0.6) is 0 Å². The minimum absolute atomic E-state index is 0.000195. The minimum atomic E-state index is -0.469. The summed E-state index contributed by atoms with van der Waals surface area (Å²) in [5.41, 5.74) is 0.467. The molecular formula is C15H16N2O3. The highest BCUT2D eigenvalue weighted by molar-refractivity contribution is 5.94. The maximum atomic E-state index is 12.0. The molecule has 2 aliphatic rings. The van der Waals surface area contributed by atoms with E-state index in [9.17, 15) is 14.9 Å². The van der Waals surface area contributed by atoms with Crippen LogP contribution in [0.25, 0.3) is 0 Å². The molecule has 0 spiro atoms. The highest BCUT2D eigenvalue weighted by Crippen LogP contribution is 2.42. The third kappa shape index (κ3) is 2.43. The van der Waals surface area contributed by atoms with E-state index in [1.807, 2.05) is 0 Å². The molecule has 20 heavy (non-hydrogen) atoms. The van der Waals surface area contributed by atoms with Crippen LogP contribution in [-0.4, -0.2) is 17.4 Å². The predicted molar refractivity (Wildman–Crippen MR) is 74.3 cm³/mol. The number of carbonyl (C=O) groups excluding carboxylic acids is 1. The largest absolute Gasteiger partial charge is 0.352 e. The summed E-state index contributed by atoms with van der Waals surface area (Å²) in [5, 5.41) is 13.5. The van der Waals surface area contributed by atoms with Crippen molar-refractivity contribution in [3.8, 4) is 0 Å². The minimum Gasteiger partial charge on any atom is -0.352 e. The summed E-state index contributed by atoms with van der Waals surface area (Å²) in [7, 11) is 0. The van der Waals surface area contributed by atoms with E-state index in [4.69, 9.17) is 0 Å². The Hall–Kier alpha value is -2.17. The number of hydrogen-bond acceptors (Lipinski definition) is 3. The van der Waals surface area contributed by atoms with E-state index >= 15 is 0 Å². The average Bonchev–Trinajstić information content (AvgIpc) is 3.07. The van der Waals surface area contributed by atoms with Gasteiger partial charge in [0.05, 0.1) is 4.92 Å². The molecule has 1 aromatic carbocycles. The number of amides is 1. The second kappa shape index (κ2) is 5.07. The van der Waals surface area contributed by atoms with Gasteiger partial charge in [-0.2, -0.15) is 0 Å². The van der Waals surface area contributed by atoms with Crippen LogP contribution in [0.3, 0.4) is 0 Å². The van der Waals surface area contributed by atoms with Crippen molar-refractivity contribution < 1.29 is 9.72 Å². The number of nitrogens with one attached hydrogen (secondary N) is 1. The highest BCUT2D eigenvalue weighted by atomic mass is 16.6. The first-order chi connectivity index (χ1) is 9.63. The first-order valence-electron chi connectivity index (χ1n) is 6.84. The van der Waals surface area contributed by atoms with Gasteiger partial charge < -0.3 is 5.32 Å². The number of nitro groups is 1. The third-order valence-electron chi connectivity index (χ3n) is 4.28. The average molecular weight is 272 g/mol. The fourth-order valence-electron chi connectivity index (χ4n) is 3.19. The number of hydrogen-bond donors (Lipinski definition) is 1. The van der Waals surface area contributed by atoms with Crippen LogP contribution >= 0.6 is 0 Å². The van der Waals surface area contributed by atoms with Crippen molar-refractivity contribution >= 4 is 11.6 Å². The SMILES string of the molecule is O=C(NC[C@H]1C[C@H]2C=C[C@H]1C2)c1ccc([N+](=O)[O-])cc1. The Balaban J connectivity index is 1.56. The molecule has 104 valence electrons. The summed E-state index contributed by atoms with van der Waals surface area (Å²) in [6, 6.07) is 5.70. The number of allylic oxidation sites excluding steroid dienone is 2. The van der Waals surface area contributed by atoms with E-state index < -0.39 is 4.92 Å². The zero-order valence-electron chi connectivity index (χ0n) is 11.0. The first kappa shape index (κ1) is 12.8. The maximum Gasteiger partial charge on any atom is 0.269 e. The Morgan fingerprint density at radius 1 is 1.25 bits per heavy atom. The Labute approximate surface area is 116 Å². The Bertz CT molecular complexity index is 565. The molecule has 1 amide bonds. The molecule has 0 saturated heterocycles. The van der Waals surface area contributed by atoms with Crippen LogP contribution < -0.4 is 5.32 Å². The molecule has 2 bridgehead atoms. The molecule has 1 aromatic rings. The van der Waals surface area contributed by atoms with E-state index in [0.717, 1.165) is 6.42 Å². The van der Waals surface area contributed by atoms with E-state index in [0.29, 0.717) is 29.9 Å². The molecule has 1 N–H and O–H groups in total. The van der Waals surface area contributed by atoms with Crippen LogP contribution in [0.15, 0.2) is 36.4 Å². The lowest BCUT2D eigenvalue weighted by atomic mass is 9.93. The van der Waals surface area contributed by atoms with Gasteiger partial charge in [-0.25, -0.2) is 0 Å². The second-order valence-electron chi connectivity index (χ2n) is 5.55. The van der Waals surface area contributed by atoms with Crippen molar-refractivity contribution in [2.24, 2.45) is 17.8 Å². The third-order valence-corrected chi connectivity index (χ3v) is 4.28. The van der Waals surface area contributed by atoms with Gasteiger partial charge in [0.2, 0.25) is 0 Å². The van der Waals surface area contributed by atoms with Crippen molar-refractivity contribution in [1.82, 2.24) is 5.32 Å². The van der Waals surface area contributed by atoms with Crippen molar-refractivity contribution in [3.05, 3.63) is 52.1 Å². The molecule has 2 aliphatic carbocycles. The molecule has 0 unspecified atom stereocenters. The smallest absolute Gasteiger partial charge is 0.269 e. The van der Waals surface area contributed by atoms with E-state index in [-0.39, 0.29) is 11.6 Å². The van der Waals surface area contributed by atoms with Crippen LogP contribution in [0, 0.1) is 27.9 Å². The monoisotopic (exact) mass is 272 g/mol. The lowest BCUT2D eigenvalue weighted by molar-refractivity contribution is -0.384.